The van der Waals surface area contributed by atoms with Gasteiger partial charge in [-0.15, -0.1) is 0 Å². The molecule has 6 heteroatoms. The van der Waals surface area contributed by atoms with Crippen molar-refractivity contribution in [3.05, 3.63) is 17.0 Å². The first-order chi connectivity index (χ1) is 8.77. The van der Waals surface area contributed by atoms with Gasteiger partial charge in [0, 0.05) is 19.2 Å². The zero-order valence-corrected chi connectivity index (χ0v) is 10.8. The Morgan fingerprint density at radius 3 is 2.83 bits per heavy atom. The predicted molar refractivity (Wildman–Crippen MR) is 69.1 cm³/mol. The van der Waals surface area contributed by atoms with Gasteiger partial charge >= 0.3 is 0 Å². The first-order valence-corrected chi connectivity index (χ1v) is 6.49. The molecule has 0 unspecified atom stereocenters. The van der Waals surface area contributed by atoms with Gasteiger partial charge in [0.05, 0.1) is 5.56 Å². The van der Waals surface area contributed by atoms with E-state index in [4.69, 9.17) is 16.7 Å². The van der Waals surface area contributed by atoms with Crippen LogP contribution in [0.3, 0.4) is 0 Å². The zero-order chi connectivity index (χ0) is 13.0. The van der Waals surface area contributed by atoms with Crippen molar-refractivity contribution in [2.45, 2.75) is 31.7 Å². The van der Waals surface area contributed by atoms with Crippen molar-refractivity contribution < 1.29 is 9.90 Å². The molecule has 18 heavy (non-hydrogen) atoms. The first kappa shape index (κ1) is 13.2. The van der Waals surface area contributed by atoms with Crippen LogP contribution in [0.15, 0.2) is 6.33 Å². The standard InChI is InChI=1S/C12H16ClN3O2/c13-11-10(7-18)12(15-8-14-11)16(5-2-6-17)9-3-1-4-9/h7-9,17H,1-6H2. The molecule has 2 rings (SSSR count). The van der Waals surface area contributed by atoms with Crippen LogP contribution < -0.4 is 4.90 Å². The molecule has 0 aromatic carbocycles. The van der Waals surface area contributed by atoms with E-state index in [1.54, 1.807) is 0 Å². The summed E-state index contributed by atoms with van der Waals surface area (Å²) in [5.41, 5.74) is 0.337. The Bertz CT molecular complexity index is 424. The molecule has 0 aliphatic heterocycles. The Balaban J connectivity index is 2.28. The van der Waals surface area contributed by atoms with Gasteiger partial charge in [0.2, 0.25) is 0 Å². The second-order valence-corrected chi connectivity index (χ2v) is 4.73. The highest BCUT2D eigenvalue weighted by Crippen LogP contribution is 2.31. The van der Waals surface area contributed by atoms with Crippen LogP contribution in [0.2, 0.25) is 5.15 Å². The summed E-state index contributed by atoms with van der Waals surface area (Å²) in [6.45, 7) is 0.799. The van der Waals surface area contributed by atoms with Crippen LogP contribution in [-0.4, -0.2) is 40.6 Å². The van der Waals surface area contributed by atoms with Crippen LogP contribution in [-0.2, 0) is 0 Å². The smallest absolute Gasteiger partial charge is 0.156 e. The van der Waals surface area contributed by atoms with Crippen LogP contribution in [0, 0.1) is 0 Å². The SMILES string of the molecule is O=Cc1c(Cl)ncnc1N(CCCO)C1CCC1. The van der Waals surface area contributed by atoms with E-state index in [2.05, 4.69) is 14.9 Å². The molecule has 1 saturated carbocycles. The molecule has 1 heterocycles. The van der Waals surface area contributed by atoms with Gasteiger partial charge in [0.25, 0.3) is 0 Å². The van der Waals surface area contributed by atoms with Crippen molar-refractivity contribution in [1.29, 1.82) is 0 Å². The lowest BCUT2D eigenvalue weighted by molar-refractivity contribution is 0.112. The third-order valence-corrected chi connectivity index (χ3v) is 3.58. The third-order valence-electron chi connectivity index (χ3n) is 3.28. The largest absolute Gasteiger partial charge is 0.396 e. The summed E-state index contributed by atoms with van der Waals surface area (Å²) in [5, 5.41) is 9.14. The predicted octanol–water partition coefficient (Wildman–Crippen LogP) is 1.68. The maximum Gasteiger partial charge on any atom is 0.156 e. The molecule has 0 spiro atoms. The van der Waals surface area contributed by atoms with Crippen molar-refractivity contribution in [2.24, 2.45) is 0 Å². The Hall–Kier alpha value is -1.20. The molecule has 0 bridgehead atoms. The van der Waals surface area contributed by atoms with E-state index in [0.29, 0.717) is 36.7 Å². The molecule has 0 amide bonds. The maximum atomic E-state index is 11.1. The molecule has 5 nitrogen and oxygen atoms in total. The lowest BCUT2D eigenvalue weighted by Crippen LogP contribution is -2.42. The van der Waals surface area contributed by atoms with Crippen molar-refractivity contribution in [3.63, 3.8) is 0 Å². The average molecular weight is 270 g/mol. The van der Waals surface area contributed by atoms with Gasteiger partial charge in [-0.1, -0.05) is 11.6 Å². The highest BCUT2D eigenvalue weighted by molar-refractivity contribution is 6.32. The summed E-state index contributed by atoms with van der Waals surface area (Å²) in [7, 11) is 0. The van der Waals surface area contributed by atoms with Crippen LogP contribution >= 0.6 is 11.6 Å². The molecule has 1 aliphatic carbocycles. The molecule has 0 atom stereocenters. The number of aromatic nitrogens is 2. The number of nitrogens with zero attached hydrogens (tertiary/aromatic N) is 3. The van der Waals surface area contributed by atoms with Crippen molar-refractivity contribution in [1.82, 2.24) is 9.97 Å². The molecule has 1 aromatic rings. The van der Waals surface area contributed by atoms with Gasteiger partial charge < -0.3 is 10.0 Å². The highest BCUT2D eigenvalue weighted by atomic mass is 35.5. The molecule has 0 saturated heterocycles. The van der Waals surface area contributed by atoms with Gasteiger partial charge in [-0.3, -0.25) is 4.79 Å². The Kier molecular flexibility index (Phi) is 4.49. The number of aliphatic hydroxyl groups is 1. The minimum atomic E-state index is 0.123. The van der Waals surface area contributed by atoms with Gasteiger partial charge in [0.1, 0.15) is 17.3 Å². The maximum absolute atomic E-state index is 11.1. The second-order valence-electron chi connectivity index (χ2n) is 4.37. The number of carbonyl (C=O) groups is 1. The van der Waals surface area contributed by atoms with Gasteiger partial charge in [-0.25, -0.2) is 9.97 Å². The molecule has 1 aliphatic rings. The molecular weight excluding hydrogens is 254 g/mol. The number of hydrogen-bond acceptors (Lipinski definition) is 5. The van der Waals surface area contributed by atoms with Gasteiger partial charge in [0.15, 0.2) is 6.29 Å². The summed E-state index contributed by atoms with van der Waals surface area (Å²) in [4.78, 5) is 21.2. The Morgan fingerprint density at radius 1 is 1.50 bits per heavy atom. The van der Waals surface area contributed by atoms with Gasteiger partial charge in [-0.2, -0.15) is 0 Å². The number of hydrogen-bond donors (Lipinski definition) is 1. The summed E-state index contributed by atoms with van der Waals surface area (Å²) in [5.74, 6) is 0.586. The second kappa shape index (κ2) is 6.11. The third kappa shape index (κ3) is 2.62. The Morgan fingerprint density at radius 2 is 2.28 bits per heavy atom. The molecule has 1 N–H and O–H groups in total. The average Bonchev–Trinajstić information content (AvgIpc) is 2.31. The van der Waals surface area contributed by atoms with Crippen molar-refractivity contribution >= 4 is 23.7 Å². The number of rotatable bonds is 6. The highest BCUT2D eigenvalue weighted by Gasteiger charge is 2.28. The molecule has 1 fully saturated rings. The summed E-state index contributed by atoms with van der Waals surface area (Å²) in [6, 6.07) is 0.390. The lowest BCUT2D eigenvalue weighted by Gasteiger charge is -2.38. The number of halogens is 1. The van der Waals surface area contributed by atoms with E-state index in [0.717, 1.165) is 12.8 Å². The van der Waals surface area contributed by atoms with E-state index < -0.39 is 0 Å². The quantitative estimate of drug-likeness (QED) is 0.629. The van der Waals surface area contributed by atoms with E-state index in [-0.39, 0.29) is 11.8 Å². The van der Waals surface area contributed by atoms with Crippen LogP contribution in [0.5, 0.6) is 0 Å². The minimum absolute atomic E-state index is 0.123. The molecule has 1 aromatic heterocycles. The lowest BCUT2D eigenvalue weighted by atomic mass is 9.91. The number of anilines is 1. The van der Waals surface area contributed by atoms with E-state index >= 15 is 0 Å². The van der Waals surface area contributed by atoms with Crippen molar-refractivity contribution in [2.75, 3.05) is 18.1 Å². The molecule has 98 valence electrons. The van der Waals surface area contributed by atoms with E-state index in [9.17, 15) is 4.79 Å². The number of carbonyl (C=O) groups excluding carboxylic acids is 1. The summed E-state index contributed by atoms with van der Waals surface area (Å²) in [6.07, 6.45) is 6.08. The molecular formula is C12H16ClN3O2. The van der Waals surface area contributed by atoms with Crippen LogP contribution in [0.1, 0.15) is 36.0 Å². The normalized spacial score (nSPS) is 15.2. The fourth-order valence-corrected chi connectivity index (χ4v) is 2.27. The van der Waals surface area contributed by atoms with Crippen molar-refractivity contribution in [3.8, 4) is 0 Å². The van der Waals surface area contributed by atoms with Crippen LogP contribution in [0.25, 0.3) is 0 Å². The van der Waals surface area contributed by atoms with E-state index in [1.807, 2.05) is 0 Å². The first-order valence-electron chi connectivity index (χ1n) is 6.11. The number of aliphatic hydroxyl groups excluding tert-OH is 1. The van der Waals surface area contributed by atoms with Gasteiger partial charge in [-0.05, 0) is 25.7 Å². The Labute approximate surface area is 111 Å². The zero-order valence-electron chi connectivity index (χ0n) is 10.0. The summed E-state index contributed by atoms with van der Waals surface area (Å²) < 4.78 is 0. The van der Waals surface area contributed by atoms with E-state index in [1.165, 1.54) is 12.7 Å². The minimum Gasteiger partial charge on any atom is -0.396 e. The monoisotopic (exact) mass is 269 g/mol. The fraction of sp³-hybridized carbons (Fsp3) is 0.583. The number of aldehydes is 1. The fourth-order valence-electron chi connectivity index (χ4n) is 2.10. The summed E-state index contributed by atoms with van der Waals surface area (Å²) >= 11 is 5.92. The topological polar surface area (TPSA) is 66.3 Å². The molecule has 0 radical (unpaired) electrons. The van der Waals surface area contributed by atoms with Crippen LogP contribution in [0.4, 0.5) is 5.82 Å².